The van der Waals surface area contributed by atoms with Crippen molar-refractivity contribution in [2.75, 3.05) is 20.4 Å². The molecule has 1 aliphatic rings. The van der Waals surface area contributed by atoms with Crippen LogP contribution in [0.4, 0.5) is 4.79 Å². The lowest BCUT2D eigenvalue weighted by atomic mass is 10.2. The summed E-state index contributed by atoms with van der Waals surface area (Å²) in [5, 5.41) is 10.4. The maximum Gasteiger partial charge on any atom is 0.417 e. The van der Waals surface area contributed by atoms with E-state index in [0.717, 1.165) is 0 Å². The van der Waals surface area contributed by atoms with Gasteiger partial charge < -0.3 is 23.6 Å². The molecular formula is C14H26NO7P. The van der Waals surface area contributed by atoms with Gasteiger partial charge in [0.2, 0.25) is 0 Å². The van der Waals surface area contributed by atoms with E-state index in [0.29, 0.717) is 0 Å². The van der Waals surface area contributed by atoms with Gasteiger partial charge >= 0.3 is 13.7 Å². The fourth-order valence-corrected chi connectivity index (χ4v) is 3.07. The summed E-state index contributed by atoms with van der Waals surface area (Å²) in [6, 6.07) is 0. The molecule has 0 fully saturated rings. The molecule has 0 aromatic rings. The highest BCUT2D eigenvalue weighted by molar-refractivity contribution is 7.53. The second kappa shape index (κ2) is 6.81. The summed E-state index contributed by atoms with van der Waals surface area (Å²) in [5.74, 6) is 0. The number of aliphatic hydroxyl groups excluding tert-OH is 1. The molecule has 23 heavy (non-hydrogen) atoms. The minimum atomic E-state index is -3.45. The number of ether oxygens (including phenoxy) is 2. The first-order valence-corrected chi connectivity index (χ1v) is 8.88. The Morgan fingerprint density at radius 1 is 1.39 bits per heavy atom. The quantitative estimate of drug-likeness (QED) is 0.761. The zero-order chi connectivity index (χ0) is 18.1. The maximum absolute atomic E-state index is 12.4. The molecule has 1 atom stereocenters. The Labute approximate surface area is 136 Å². The molecule has 1 heterocycles. The molecule has 0 aromatic carbocycles. The van der Waals surface area contributed by atoms with E-state index in [4.69, 9.17) is 18.5 Å². The number of aliphatic hydroxyl groups is 1. The number of carbonyl (C=O) groups is 1. The monoisotopic (exact) mass is 351 g/mol. The molecule has 8 nitrogen and oxygen atoms in total. The first-order valence-electron chi connectivity index (χ1n) is 7.15. The molecular weight excluding hydrogens is 325 g/mol. The van der Waals surface area contributed by atoms with Crippen LogP contribution >= 0.6 is 7.60 Å². The fraction of sp³-hybridized carbons (Fsp3) is 0.786. The molecule has 0 bridgehead atoms. The van der Waals surface area contributed by atoms with Crippen molar-refractivity contribution in [2.45, 2.75) is 52.0 Å². The Kier molecular flexibility index (Phi) is 5.91. The van der Waals surface area contributed by atoms with E-state index < -0.39 is 31.1 Å². The number of rotatable bonds is 5. The van der Waals surface area contributed by atoms with Gasteiger partial charge in [-0.25, -0.2) is 9.69 Å². The summed E-state index contributed by atoms with van der Waals surface area (Å²) in [7, 11) is -0.998. The lowest BCUT2D eigenvalue weighted by Crippen LogP contribution is -2.48. The molecule has 0 aromatic heterocycles. The molecule has 1 amide bonds. The third-order valence-electron chi connectivity index (χ3n) is 3.14. The molecule has 1 aliphatic heterocycles. The number of nitrogens with zero attached hydrogens (tertiary/aromatic N) is 1. The predicted octanol–water partition coefficient (Wildman–Crippen LogP) is 2.68. The molecule has 0 aliphatic carbocycles. The summed E-state index contributed by atoms with van der Waals surface area (Å²) in [6.45, 7) is 8.51. The zero-order valence-electron chi connectivity index (χ0n) is 14.7. The Morgan fingerprint density at radius 3 is 2.35 bits per heavy atom. The average Bonchev–Trinajstić information content (AvgIpc) is 2.72. The molecule has 9 heteroatoms. The second-order valence-corrected chi connectivity index (χ2v) is 8.91. The SMILES string of the molecule is COP(=O)(C[C@@H](O)C1=COC(C)(C)N1C(=O)OC(C)(C)C)OC. The van der Waals surface area contributed by atoms with Gasteiger partial charge in [0.05, 0.1) is 11.9 Å². The highest BCUT2D eigenvalue weighted by Gasteiger charge is 2.45. The molecule has 134 valence electrons. The Hall–Kier alpha value is -1.08. The third-order valence-corrected chi connectivity index (χ3v) is 5.04. The first kappa shape index (κ1) is 20.0. The van der Waals surface area contributed by atoms with Crippen molar-refractivity contribution in [1.29, 1.82) is 0 Å². The van der Waals surface area contributed by atoms with E-state index in [1.807, 2.05) is 0 Å². The van der Waals surface area contributed by atoms with Crippen molar-refractivity contribution >= 4 is 13.7 Å². The van der Waals surface area contributed by atoms with Crippen molar-refractivity contribution in [3.63, 3.8) is 0 Å². The minimum absolute atomic E-state index is 0.138. The largest absolute Gasteiger partial charge is 0.474 e. The Balaban J connectivity index is 3.00. The fourth-order valence-electron chi connectivity index (χ4n) is 2.01. The van der Waals surface area contributed by atoms with Crippen LogP contribution in [-0.2, 0) is 23.1 Å². The maximum atomic E-state index is 12.4. The van der Waals surface area contributed by atoms with E-state index in [9.17, 15) is 14.5 Å². The molecule has 0 spiro atoms. The van der Waals surface area contributed by atoms with Crippen molar-refractivity contribution in [2.24, 2.45) is 0 Å². The van der Waals surface area contributed by atoms with Crippen molar-refractivity contribution in [3.05, 3.63) is 12.0 Å². The lowest BCUT2D eigenvalue weighted by molar-refractivity contribution is -0.0532. The van der Waals surface area contributed by atoms with E-state index in [-0.39, 0.29) is 11.9 Å². The van der Waals surface area contributed by atoms with Gasteiger partial charge in [-0.15, -0.1) is 0 Å². The molecule has 0 unspecified atom stereocenters. The third kappa shape index (κ3) is 4.94. The highest BCUT2D eigenvalue weighted by Crippen LogP contribution is 2.48. The van der Waals surface area contributed by atoms with Crippen LogP contribution in [0, 0.1) is 0 Å². The van der Waals surface area contributed by atoms with Gasteiger partial charge in [0.1, 0.15) is 18.0 Å². The standard InChI is InChI=1S/C14H26NO7P/c1-13(2,3)22-12(17)15-10(8-21-14(15,4)5)11(16)9-23(18,19-6)20-7/h8,11,16H,9H2,1-7H3/t11-/m1/s1. The normalized spacial score (nSPS) is 19.1. The summed E-state index contributed by atoms with van der Waals surface area (Å²) in [6.07, 6.45) is -1.01. The zero-order valence-corrected chi connectivity index (χ0v) is 15.5. The summed E-state index contributed by atoms with van der Waals surface area (Å²) in [4.78, 5) is 13.6. The molecule has 1 rings (SSSR count). The van der Waals surface area contributed by atoms with Gasteiger partial charge in [-0.3, -0.25) is 4.57 Å². The number of hydrogen-bond donors (Lipinski definition) is 1. The van der Waals surface area contributed by atoms with Crippen molar-refractivity contribution < 1.29 is 33.0 Å². The predicted molar refractivity (Wildman–Crippen MR) is 83.8 cm³/mol. The van der Waals surface area contributed by atoms with Crippen LogP contribution in [0.3, 0.4) is 0 Å². The minimum Gasteiger partial charge on any atom is -0.474 e. The van der Waals surface area contributed by atoms with Gasteiger partial charge in [-0.05, 0) is 34.6 Å². The first-order chi connectivity index (χ1) is 10.4. The van der Waals surface area contributed by atoms with Crippen LogP contribution in [0.2, 0.25) is 0 Å². The van der Waals surface area contributed by atoms with E-state index in [1.165, 1.54) is 25.4 Å². The lowest BCUT2D eigenvalue weighted by Gasteiger charge is -2.34. The topological polar surface area (TPSA) is 94.5 Å². The van der Waals surface area contributed by atoms with Gasteiger partial charge in [0.25, 0.3) is 0 Å². The summed E-state index contributed by atoms with van der Waals surface area (Å²) in [5.41, 5.74) is -1.61. The van der Waals surface area contributed by atoms with Crippen LogP contribution in [0.15, 0.2) is 12.0 Å². The van der Waals surface area contributed by atoms with E-state index >= 15 is 0 Å². The smallest absolute Gasteiger partial charge is 0.417 e. The highest BCUT2D eigenvalue weighted by atomic mass is 31.2. The average molecular weight is 351 g/mol. The van der Waals surface area contributed by atoms with Gasteiger partial charge in [0, 0.05) is 14.2 Å². The second-order valence-electron chi connectivity index (χ2n) is 6.60. The van der Waals surface area contributed by atoms with Gasteiger partial charge in [0.15, 0.2) is 5.72 Å². The van der Waals surface area contributed by atoms with Gasteiger partial charge in [-0.2, -0.15) is 0 Å². The number of hydrogen-bond acceptors (Lipinski definition) is 7. The molecule has 0 radical (unpaired) electrons. The van der Waals surface area contributed by atoms with Crippen LogP contribution in [0.5, 0.6) is 0 Å². The summed E-state index contributed by atoms with van der Waals surface area (Å²) >= 11 is 0. The van der Waals surface area contributed by atoms with Crippen LogP contribution < -0.4 is 0 Å². The van der Waals surface area contributed by atoms with Gasteiger partial charge in [-0.1, -0.05) is 0 Å². The van der Waals surface area contributed by atoms with Crippen LogP contribution in [0.1, 0.15) is 34.6 Å². The van der Waals surface area contributed by atoms with E-state index in [2.05, 4.69) is 0 Å². The number of amides is 1. The molecule has 0 saturated heterocycles. The van der Waals surface area contributed by atoms with Crippen molar-refractivity contribution in [1.82, 2.24) is 4.90 Å². The van der Waals surface area contributed by atoms with Crippen LogP contribution in [0.25, 0.3) is 0 Å². The molecule has 1 N–H and O–H groups in total. The Bertz CT molecular complexity index is 516. The van der Waals surface area contributed by atoms with Crippen LogP contribution in [-0.4, -0.2) is 53.9 Å². The van der Waals surface area contributed by atoms with Crippen molar-refractivity contribution in [3.8, 4) is 0 Å². The van der Waals surface area contributed by atoms with E-state index in [1.54, 1.807) is 34.6 Å². The Morgan fingerprint density at radius 2 is 1.91 bits per heavy atom. The number of carbonyl (C=O) groups excluding carboxylic acids is 1. The summed E-state index contributed by atoms with van der Waals surface area (Å²) < 4.78 is 32.6. The molecule has 0 saturated carbocycles.